The van der Waals surface area contributed by atoms with Crippen LogP contribution in [0.2, 0.25) is 0 Å². The van der Waals surface area contributed by atoms with Crippen LogP contribution in [-0.2, 0) is 4.79 Å². The Morgan fingerprint density at radius 1 is 1.45 bits per heavy atom. The van der Waals surface area contributed by atoms with Crippen molar-refractivity contribution in [3.63, 3.8) is 0 Å². The number of carbonyl (C=O) groups is 1. The Labute approximate surface area is 126 Å². The number of nitriles is 1. The van der Waals surface area contributed by atoms with Crippen molar-refractivity contribution in [3.05, 3.63) is 29.3 Å². The summed E-state index contributed by atoms with van der Waals surface area (Å²) in [6, 6.07) is 6.18. The van der Waals surface area contributed by atoms with Crippen molar-refractivity contribution in [3.8, 4) is 17.6 Å². The van der Waals surface area contributed by atoms with E-state index in [4.69, 9.17) is 10.00 Å². The van der Waals surface area contributed by atoms with E-state index in [9.17, 15) is 13.6 Å². The van der Waals surface area contributed by atoms with E-state index in [0.29, 0.717) is 5.56 Å². The van der Waals surface area contributed by atoms with Gasteiger partial charge in [-0.3, -0.25) is 4.79 Å². The SMILES string of the molecule is COc1ccc(/C=C(\C#N)C(=O)NC2CC2)cc1OC(F)F. The Hall–Kier alpha value is -2.62. The fraction of sp³-hybridized carbons (Fsp3) is 0.333. The summed E-state index contributed by atoms with van der Waals surface area (Å²) in [5, 5.41) is 11.7. The molecule has 1 aliphatic carbocycles. The van der Waals surface area contributed by atoms with Crippen LogP contribution in [0.4, 0.5) is 8.78 Å². The number of methoxy groups -OCH3 is 1. The first-order chi connectivity index (χ1) is 10.5. The minimum atomic E-state index is -3.00. The number of hydrogen-bond acceptors (Lipinski definition) is 4. The molecule has 0 unspecified atom stereocenters. The largest absolute Gasteiger partial charge is 0.493 e. The number of amides is 1. The van der Waals surface area contributed by atoms with E-state index in [1.807, 2.05) is 0 Å². The Kier molecular flexibility index (Phi) is 4.94. The molecule has 116 valence electrons. The van der Waals surface area contributed by atoms with Gasteiger partial charge in [0.25, 0.3) is 5.91 Å². The van der Waals surface area contributed by atoms with Crippen LogP contribution < -0.4 is 14.8 Å². The van der Waals surface area contributed by atoms with Crippen LogP contribution >= 0.6 is 0 Å². The Morgan fingerprint density at radius 3 is 2.73 bits per heavy atom. The lowest BCUT2D eigenvalue weighted by molar-refractivity contribution is -0.117. The van der Waals surface area contributed by atoms with Gasteiger partial charge in [0.15, 0.2) is 11.5 Å². The molecule has 0 aromatic heterocycles. The summed E-state index contributed by atoms with van der Waals surface area (Å²) in [5.74, 6) is -0.498. The molecule has 0 bridgehead atoms. The minimum Gasteiger partial charge on any atom is -0.493 e. The zero-order chi connectivity index (χ0) is 16.1. The first-order valence-electron chi connectivity index (χ1n) is 6.59. The number of alkyl halides is 2. The lowest BCUT2D eigenvalue weighted by Crippen LogP contribution is -2.26. The van der Waals surface area contributed by atoms with E-state index >= 15 is 0 Å². The van der Waals surface area contributed by atoms with Gasteiger partial charge in [0, 0.05) is 6.04 Å². The van der Waals surface area contributed by atoms with Gasteiger partial charge in [-0.15, -0.1) is 0 Å². The standard InChI is InChI=1S/C15H14F2N2O3/c1-21-12-5-2-9(7-13(12)22-15(16)17)6-10(8-18)14(20)19-11-3-4-11/h2,5-7,11,15H,3-4H2,1H3,(H,19,20)/b10-6+. The number of nitrogens with one attached hydrogen (secondary N) is 1. The summed E-state index contributed by atoms with van der Waals surface area (Å²) < 4.78 is 34.0. The Bertz CT molecular complexity index is 634. The first kappa shape index (κ1) is 15.8. The van der Waals surface area contributed by atoms with E-state index in [-0.39, 0.29) is 23.1 Å². The molecule has 0 atom stereocenters. The third-order valence-electron chi connectivity index (χ3n) is 2.99. The molecule has 1 aromatic rings. The maximum atomic E-state index is 12.4. The van der Waals surface area contributed by atoms with Crippen LogP contribution in [0.1, 0.15) is 18.4 Å². The summed E-state index contributed by atoms with van der Waals surface area (Å²) in [4.78, 5) is 11.8. The van der Waals surface area contributed by atoms with Gasteiger partial charge in [-0.25, -0.2) is 0 Å². The second-order valence-electron chi connectivity index (χ2n) is 4.71. The fourth-order valence-corrected chi connectivity index (χ4v) is 1.78. The van der Waals surface area contributed by atoms with E-state index in [2.05, 4.69) is 10.1 Å². The predicted molar refractivity (Wildman–Crippen MR) is 74.4 cm³/mol. The van der Waals surface area contributed by atoms with Crippen LogP contribution in [0.3, 0.4) is 0 Å². The molecule has 0 saturated heterocycles. The summed E-state index contributed by atoms with van der Waals surface area (Å²) in [6.07, 6.45) is 3.12. The molecule has 0 radical (unpaired) electrons. The van der Waals surface area contributed by atoms with Crippen LogP contribution in [-0.4, -0.2) is 25.7 Å². The van der Waals surface area contributed by atoms with Crippen molar-refractivity contribution in [2.75, 3.05) is 7.11 Å². The average Bonchev–Trinajstić information content (AvgIpc) is 3.28. The van der Waals surface area contributed by atoms with E-state index in [0.717, 1.165) is 12.8 Å². The maximum Gasteiger partial charge on any atom is 0.387 e. The molecule has 0 spiro atoms. The van der Waals surface area contributed by atoms with Crippen LogP contribution in [0, 0.1) is 11.3 Å². The van der Waals surface area contributed by atoms with Gasteiger partial charge >= 0.3 is 6.61 Å². The Balaban J connectivity index is 2.24. The molecule has 1 aromatic carbocycles. The zero-order valence-electron chi connectivity index (χ0n) is 11.8. The van der Waals surface area contributed by atoms with Gasteiger partial charge in [-0.1, -0.05) is 6.07 Å². The lowest BCUT2D eigenvalue weighted by Gasteiger charge is -2.10. The van der Waals surface area contributed by atoms with E-state index in [1.165, 1.54) is 25.3 Å². The highest BCUT2D eigenvalue weighted by Gasteiger charge is 2.24. The summed E-state index contributed by atoms with van der Waals surface area (Å²) >= 11 is 0. The summed E-state index contributed by atoms with van der Waals surface area (Å²) in [5.41, 5.74) is 0.291. The van der Waals surface area contributed by atoms with Crippen LogP contribution in [0.15, 0.2) is 23.8 Å². The minimum absolute atomic E-state index is 0.0972. The van der Waals surface area contributed by atoms with Crippen molar-refractivity contribution in [1.82, 2.24) is 5.32 Å². The fourth-order valence-electron chi connectivity index (χ4n) is 1.78. The molecule has 0 aliphatic heterocycles. The summed E-state index contributed by atoms with van der Waals surface area (Å²) in [7, 11) is 1.33. The molecule has 1 amide bonds. The third-order valence-corrected chi connectivity index (χ3v) is 2.99. The van der Waals surface area contributed by atoms with Crippen LogP contribution in [0.5, 0.6) is 11.5 Å². The molecule has 22 heavy (non-hydrogen) atoms. The number of halogens is 2. The molecule has 0 heterocycles. The molecule has 1 N–H and O–H groups in total. The number of hydrogen-bond donors (Lipinski definition) is 1. The van der Waals surface area contributed by atoms with Gasteiger partial charge in [-0.05, 0) is 36.6 Å². The molecule has 1 saturated carbocycles. The topological polar surface area (TPSA) is 71.3 Å². The van der Waals surface area contributed by atoms with Gasteiger partial charge in [0.05, 0.1) is 7.11 Å². The van der Waals surface area contributed by atoms with E-state index < -0.39 is 12.5 Å². The second-order valence-corrected chi connectivity index (χ2v) is 4.71. The molecule has 1 fully saturated rings. The van der Waals surface area contributed by atoms with Crippen molar-refractivity contribution >= 4 is 12.0 Å². The number of benzene rings is 1. The number of carbonyl (C=O) groups excluding carboxylic acids is 1. The van der Waals surface area contributed by atoms with E-state index in [1.54, 1.807) is 12.1 Å². The first-order valence-corrected chi connectivity index (χ1v) is 6.59. The van der Waals surface area contributed by atoms with Crippen LogP contribution in [0.25, 0.3) is 6.08 Å². The molecular weight excluding hydrogens is 294 g/mol. The number of rotatable bonds is 6. The number of ether oxygens (including phenoxy) is 2. The van der Waals surface area contributed by atoms with Crippen molar-refractivity contribution in [2.45, 2.75) is 25.5 Å². The van der Waals surface area contributed by atoms with Gasteiger partial charge in [-0.2, -0.15) is 14.0 Å². The van der Waals surface area contributed by atoms with Crippen molar-refractivity contribution in [1.29, 1.82) is 5.26 Å². The van der Waals surface area contributed by atoms with Gasteiger partial charge in [0.1, 0.15) is 11.6 Å². The summed E-state index contributed by atoms with van der Waals surface area (Å²) in [6.45, 7) is -3.00. The van der Waals surface area contributed by atoms with Gasteiger partial charge in [0.2, 0.25) is 0 Å². The highest BCUT2D eigenvalue weighted by molar-refractivity contribution is 6.02. The molecule has 1 aliphatic rings. The smallest absolute Gasteiger partial charge is 0.387 e. The monoisotopic (exact) mass is 308 g/mol. The third kappa shape index (κ3) is 4.19. The molecule has 2 rings (SSSR count). The zero-order valence-corrected chi connectivity index (χ0v) is 11.8. The quantitative estimate of drug-likeness (QED) is 0.647. The Morgan fingerprint density at radius 2 is 2.18 bits per heavy atom. The normalized spacial score (nSPS) is 14.4. The average molecular weight is 308 g/mol. The number of nitrogens with zero attached hydrogens (tertiary/aromatic N) is 1. The van der Waals surface area contributed by atoms with Crippen molar-refractivity contribution < 1.29 is 23.0 Å². The van der Waals surface area contributed by atoms with Gasteiger partial charge < -0.3 is 14.8 Å². The maximum absolute atomic E-state index is 12.4. The predicted octanol–water partition coefficient (Wildman–Crippen LogP) is 2.48. The van der Waals surface area contributed by atoms with Crippen molar-refractivity contribution in [2.24, 2.45) is 0 Å². The molecule has 5 nitrogen and oxygen atoms in total. The highest BCUT2D eigenvalue weighted by Crippen LogP contribution is 2.30. The second kappa shape index (κ2) is 6.89. The highest BCUT2D eigenvalue weighted by atomic mass is 19.3. The molecule has 7 heteroatoms. The lowest BCUT2D eigenvalue weighted by atomic mass is 10.1. The molecular formula is C15H14F2N2O3.